The molecule has 2 heterocycles. The highest BCUT2D eigenvalue weighted by Crippen LogP contribution is 2.22. The van der Waals surface area contributed by atoms with Crippen molar-refractivity contribution in [2.75, 3.05) is 0 Å². The van der Waals surface area contributed by atoms with E-state index < -0.39 is 0 Å². The second kappa shape index (κ2) is 5.67. The predicted molar refractivity (Wildman–Crippen MR) is 73.8 cm³/mol. The Kier molecular flexibility index (Phi) is 4.19. The smallest absolute Gasteiger partial charge is 0.256 e. The first-order valence-electron chi connectivity index (χ1n) is 5.60. The zero-order chi connectivity index (χ0) is 13.1. The molecule has 0 aliphatic heterocycles. The summed E-state index contributed by atoms with van der Waals surface area (Å²) in [5.41, 5.74) is 0.495. The summed E-state index contributed by atoms with van der Waals surface area (Å²) in [6.45, 7) is 4.01. The molecule has 0 aliphatic carbocycles. The van der Waals surface area contributed by atoms with Gasteiger partial charge < -0.3 is 9.73 Å². The monoisotopic (exact) mass is 328 g/mol. The Bertz CT molecular complexity index is 550. The minimum absolute atomic E-state index is 0.107. The van der Waals surface area contributed by atoms with Gasteiger partial charge in [-0.15, -0.1) is 11.3 Å². The number of aromatic nitrogens is 1. The highest BCUT2D eigenvalue weighted by Gasteiger charge is 2.17. The highest BCUT2D eigenvalue weighted by molar-refractivity contribution is 9.10. The quantitative estimate of drug-likeness (QED) is 0.933. The first kappa shape index (κ1) is 13.3. The van der Waals surface area contributed by atoms with Crippen LogP contribution in [0, 0.1) is 0 Å². The van der Waals surface area contributed by atoms with Crippen LogP contribution in [0.1, 0.15) is 40.1 Å². The van der Waals surface area contributed by atoms with Crippen molar-refractivity contribution < 1.29 is 9.21 Å². The summed E-state index contributed by atoms with van der Waals surface area (Å²) in [5.74, 6) is -0.170. The summed E-state index contributed by atoms with van der Waals surface area (Å²) in [7, 11) is 0. The molecule has 0 bridgehead atoms. The molecule has 0 spiro atoms. The van der Waals surface area contributed by atoms with E-state index in [1.165, 1.54) is 11.1 Å². The number of halogens is 1. The van der Waals surface area contributed by atoms with E-state index in [9.17, 15) is 4.79 Å². The van der Waals surface area contributed by atoms with Crippen molar-refractivity contribution in [3.8, 4) is 0 Å². The molecule has 0 fully saturated rings. The Hall–Kier alpha value is -1.14. The Morgan fingerprint density at radius 1 is 1.67 bits per heavy atom. The molecule has 0 radical (unpaired) electrons. The summed E-state index contributed by atoms with van der Waals surface area (Å²) in [5, 5.41) is 3.81. The predicted octanol–water partition coefficient (Wildman–Crippen LogP) is 3.55. The topological polar surface area (TPSA) is 55.1 Å². The van der Waals surface area contributed by atoms with Crippen molar-refractivity contribution in [2.45, 2.75) is 26.3 Å². The first-order valence-corrected chi connectivity index (χ1v) is 7.21. The number of thiazole rings is 1. The summed E-state index contributed by atoms with van der Waals surface area (Å²) in [6.07, 6.45) is 4.30. The van der Waals surface area contributed by atoms with E-state index in [4.69, 9.17) is 4.42 Å². The van der Waals surface area contributed by atoms with Crippen LogP contribution in [0.3, 0.4) is 0 Å². The van der Waals surface area contributed by atoms with Crippen molar-refractivity contribution in [1.29, 1.82) is 0 Å². The molecule has 1 atom stereocenters. The van der Waals surface area contributed by atoms with Crippen LogP contribution in [0.5, 0.6) is 0 Å². The molecule has 4 nitrogen and oxygen atoms in total. The molecular formula is C12H13BrN2O2S. The fraction of sp³-hybridized carbons (Fsp3) is 0.333. The molecule has 18 heavy (non-hydrogen) atoms. The number of amides is 1. The standard InChI is InChI=1S/C12H13BrN2O2S/c1-3-8-6-14-12(18-8)7(2)15-11(16)9-4-5-17-10(9)13/h4-7H,3H2,1-2H3,(H,15,16). The zero-order valence-electron chi connectivity index (χ0n) is 10.1. The second-order valence-corrected chi connectivity index (χ2v) is 5.69. The van der Waals surface area contributed by atoms with Gasteiger partial charge in [-0.25, -0.2) is 4.98 Å². The van der Waals surface area contributed by atoms with Gasteiger partial charge in [0.2, 0.25) is 0 Å². The summed E-state index contributed by atoms with van der Waals surface area (Å²) in [4.78, 5) is 17.5. The maximum absolute atomic E-state index is 12.0. The average Bonchev–Trinajstić information content (AvgIpc) is 2.96. The molecule has 0 aliphatic rings. The highest BCUT2D eigenvalue weighted by atomic mass is 79.9. The molecule has 0 saturated heterocycles. The van der Waals surface area contributed by atoms with Gasteiger partial charge in [-0.3, -0.25) is 4.79 Å². The van der Waals surface area contributed by atoms with Crippen LogP contribution in [0.2, 0.25) is 0 Å². The fourth-order valence-electron chi connectivity index (χ4n) is 1.48. The van der Waals surface area contributed by atoms with Crippen LogP contribution in [0.4, 0.5) is 0 Å². The maximum Gasteiger partial charge on any atom is 0.256 e. The van der Waals surface area contributed by atoms with E-state index in [2.05, 4.69) is 33.2 Å². The second-order valence-electron chi connectivity index (χ2n) is 3.82. The Balaban J connectivity index is 2.05. The van der Waals surface area contributed by atoms with Gasteiger partial charge in [0.25, 0.3) is 5.91 Å². The Morgan fingerprint density at radius 3 is 3.00 bits per heavy atom. The number of nitrogens with one attached hydrogen (secondary N) is 1. The van der Waals surface area contributed by atoms with Crippen molar-refractivity contribution >= 4 is 33.2 Å². The summed E-state index contributed by atoms with van der Waals surface area (Å²) < 4.78 is 5.48. The maximum atomic E-state index is 12.0. The van der Waals surface area contributed by atoms with Gasteiger partial charge in [0.15, 0.2) is 4.67 Å². The van der Waals surface area contributed by atoms with Crippen molar-refractivity contribution in [3.63, 3.8) is 0 Å². The van der Waals surface area contributed by atoms with E-state index in [1.54, 1.807) is 17.4 Å². The molecular weight excluding hydrogens is 316 g/mol. The van der Waals surface area contributed by atoms with Crippen LogP contribution in [0.25, 0.3) is 0 Å². The van der Waals surface area contributed by atoms with E-state index >= 15 is 0 Å². The lowest BCUT2D eigenvalue weighted by Crippen LogP contribution is -2.26. The van der Waals surface area contributed by atoms with Gasteiger partial charge in [0, 0.05) is 11.1 Å². The number of carbonyl (C=O) groups excluding carboxylic acids is 1. The minimum atomic E-state index is -0.170. The van der Waals surface area contributed by atoms with E-state index in [0.29, 0.717) is 10.2 Å². The third kappa shape index (κ3) is 2.81. The number of hydrogen-bond donors (Lipinski definition) is 1. The third-order valence-electron chi connectivity index (χ3n) is 2.50. The largest absolute Gasteiger partial charge is 0.457 e. The molecule has 2 rings (SSSR count). The zero-order valence-corrected chi connectivity index (χ0v) is 12.5. The number of carbonyl (C=O) groups is 1. The van der Waals surface area contributed by atoms with Crippen LogP contribution in [-0.2, 0) is 6.42 Å². The molecule has 1 unspecified atom stereocenters. The lowest BCUT2D eigenvalue weighted by atomic mass is 10.3. The van der Waals surface area contributed by atoms with Gasteiger partial charge >= 0.3 is 0 Å². The van der Waals surface area contributed by atoms with E-state index in [1.807, 2.05) is 13.1 Å². The Labute approximate surface area is 118 Å². The van der Waals surface area contributed by atoms with Gasteiger partial charge in [0.05, 0.1) is 17.9 Å². The number of furan rings is 1. The summed E-state index contributed by atoms with van der Waals surface area (Å²) in [6, 6.07) is 1.52. The van der Waals surface area contributed by atoms with E-state index in [-0.39, 0.29) is 11.9 Å². The average molecular weight is 329 g/mol. The summed E-state index contributed by atoms with van der Waals surface area (Å²) >= 11 is 4.81. The number of aryl methyl sites for hydroxylation is 1. The van der Waals surface area contributed by atoms with Gasteiger partial charge in [0.1, 0.15) is 5.01 Å². The van der Waals surface area contributed by atoms with Gasteiger partial charge in [-0.1, -0.05) is 6.92 Å². The van der Waals surface area contributed by atoms with Crippen molar-refractivity contribution in [3.05, 3.63) is 38.6 Å². The molecule has 0 aromatic carbocycles. The number of hydrogen-bond acceptors (Lipinski definition) is 4. The fourth-order valence-corrected chi connectivity index (χ4v) is 2.76. The molecule has 2 aromatic heterocycles. The van der Waals surface area contributed by atoms with Gasteiger partial charge in [-0.2, -0.15) is 0 Å². The molecule has 96 valence electrons. The molecule has 1 N–H and O–H groups in total. The van der Waals surface area contributed by atoms with Crippen molar-refractivity contribution in [1.82, 2.24) is 10.3 Å². The lowest BCUT2D eigenvalue weighted by molar-refractivity contribution is 0.0938. The lowest BCUT2D eigenvalue weighted by Gasteiger charge is -2.10. The number of rotatable bonds is 4. The number of nitrogens with zero attached hydrogens (tertiary/aromatic N) is 1. The molecule has 6 heteroatoms. The van der Waals surface area contributed by atoms with E-state index in [0.717, 1.165) is 11.4 Å². The van der Waals surface area contributed by atoms with Crippen LogP contribution in [0.15, 0.2) is 27.6 Å². The van der Waals surface area contributed by atoms with Crippen LogP contribution in [-0.4, -0.2) is 10.9 Å². The normalized spacial score (nSPS) is 12.4. The SMILES string of the molecule is CCc1cnc(C(C)NC(=O)c2ccoc2Br)s1. The molecule has 0 saturated carbocycles. The molecule has 1 amide bonds. The van der Waals surface area contributed by atoms with Crippen LogP contribution < -0.4 is 5.32 Å². The van der Waals surface area contributed by atoms with Crippen molar-refractivity contribution in [2.24, 2.45) is 0 Å². The first-order chi connectivity index (χ1) is 8.61. The molecule has 2 aromatic rings. The Morgan fingerprint density at radius 2 is 2.44 bits per heavy atom. The minimum Gasteiger partial charge on any atom is -0.457 e. The van der Waals surface area contributed by atoms with Crippen LogP contribution >= 0.6 is 27.3 Å². The third-order valence-corrected chi connectivity index (χ3v) is 4.44. The van der Waals surface area contributed by atoms with Gasteiger partial charge in [-0.05, 0) is 35.3 Å².